The Balaban J connectivity index is 1.94. The van der Waals surface area contributed by atoms with Crippen LogP contribution in [0.3, 0.4) is 0 Å². The van der Waals surface area contributed by atoms with Crippen LogP contribution < -0.4 is 9.47 Å². The van der Waals surface area contributed by atoms with Gasteiger partial charge >= 0.3 is 5.97 Å². The van der Waals surface area contributed by atoms with Gasteiger partial charge in [0.1, 0.15) is 11.5 Å². The van der Waals surface area contributed by atoms with E-state index in [0.717, 1.165) is 38.9 Å². The van der Waals surface area contributed by atoms with E-state index in [2.05, 4.69) is 10.6 Å². The molecule has 1 aromatic heterocycles. The number of ether oxygens (including phenoxy) is 2. The first kappa shape index (κ1) is 17.0. The topological polar surface area (TPSA) is 60.7 Å². The van der Waals surface area contributed by atoms with E-state index < -0.39 is 5.97 Å². The Labute approximate surface area is 156 Å². The summed E-state index contributed by atoms with van der Waals surface area (Å²) in [4.78, 5) is 11.5. The fourth-order valence-electron chi connectivity index (χ4n) is 3.49. The molecule has 0 saturated carbocycles. The summed E-state index contributed by atoms with van der Waals surface area (Å²) in [7, 11) is 3.25. The number of carboxylic acids is 1. The van der Waals surface area contributed by atoms with E-state index in [9.17, 15) is 9.90 Å². The van der Waals surface area contributed by atoms with Crippen LogP contribution in [0.5, 0.6) is 11.5 Å². The number of carbonyl (C=O) groups is 1. The van der Waals surface area contributed by atoms with Crippen LogP contribution >= 0.6 is 0 Å². The van der Waals surface area contributed by atoms with Gasteiger partial charge in [-0.3, -0.25) is 0 Å². The van der Waals surface area contributed by atoms with Gasteiger partial charge in [0, 0.05) is 28.9 Å². The van der Waals surface area contributed by atoms with Crippen molar-refractivity contribution in [1.29, 1.82) is 0 Å². The van der Waals surface area contributed by atoms with Crippen molar-refractivity contribution in [3.05, 3.63) is 71.8 Å². The van der Waals surface area contributed by atoms with Crippen LogP contribution in [-0.2, 0) is 6.54 Å². The van der Waals surface area contributed by atoms with Crippen molar-refractivity contribution >= 4 is 27.8 Å². The molecule has 0 aliphatic rings. The highest BCUT2D eigenvalue weighted by Crippen LogP contribution is 2.31. The fraction of sp³-hybridized carbons (Fsp3) is 0.136. The molecule has 0 unspecified atom stereocenters. The van der Waals surface area contributed by atoms with Crippen molar-refractivity contribution in [2.24, 2.45) is 0 Å². The number of fused-ring (bicyclic) bond motifs is 3. The minimum Gasteiger partial charge on any atom is -0.497 e. The summed E-state index contributed by atoms with van der Waals surface area (Å²) in [6, 6.07) is 19.1. The van der Waals surface area contributed by atoms with Gasteiger partial charge in [-0.2, -0.15) is 0 Å². The second-order valence-corrected chi connectivity index (χ2v) is 6.36. The Morgan fingerprint density at radius 3 is 2.22 bits per heavy atom. The molecule has 0 saturated heterocycles. The Bertz CT molecular complexity index is 1140. The Kier molecular flexibility index (Phi) is 4.20. The van der Waals surface area contributed by atoms with Crippen molar-refractivity contribution < 1.29 is 19.4 Å². The third kappa shape index (κ3) is 2.97. The zero-order chi connectivity index (χ0) is 19.0. The fourth-order valence-corrected chi connectivity index (χ4v) is 3.49. The maximum absolute atomic E-state index is 11.5. The molecule has 0 atom stereocenters. The zero-order valence-electron chi connectivity index (χ0n) is 15.1. The molecule has 0 radical (unpaired) electrons. The minimum absolute atomic E-state index is 0.273. The van der Waals surface area contributed by atoms with E-state index in [-0.39, 0.29) is 5.56 Å². The first-order valence-electron chi connectivity index (χ1n) is 8.57. The molecule has 0 fully saturated rings. The lowest BCUT2D eigenvalue weighted by molar-refractivity contribution is 0.0697. The number of benzene rings is 3. The first-order valence-corrected chi connectivity index (χ1v) is 8.57. The van der Waals surface area contributed by atoms with Gasteiger partial charge in [0.25, 0.3) is 0 Å². The number of hydrogen-bond acceptors (Lipinski definition) is 3. The van der Waals surface area contributed by atoms with Gasteiger partial charge in [-0.15, -0.1) is 0 Å². The summed E-state index contributed by atoms with van der Waals surface area (Å²) >= 11 is 0. The molecule has 0 spiro atoms. The first-order chi connectivity index (χ1) is 13.1. The minimum atomic E-state index is -0.934. The lowest BCUT2D eigenvalue weighted by atomic mass is 10.1. The number of aromatic nitrogens is 1. The number of aromatic carboxylic acids is 1. The van der Waals surface area contributed by atoms with Crippen molar-refractivity contribution in [3.8, 4) is 11.5 Å². The molecule has 27 heavy (non-hydrogen) atoms. The molecule has 136 valence electrons. The van der Waals surface area contributed by atoms with Crippen LogP contribution in [0, 0.1) is 0 Å². The largest absolute Gasteiger partial charge is 0.497 e. The third-order valence-electron chi connectivity index (χ3n) is 4.77. The Morgan fingerprint density at radius 1 is 0.889 bits per heavy atom. The number of para-hydroxylation sites is 1. The average molecular weight is 361 g/mol. The van der Waals surface area contributed by atoms with E-state index >= 15 is 0 Å². The van der Waals surface area contributed by atoms with Crippen molar-refractivity contribution in [2.75, 3.05) is 14.2 Å². The highest BCUT2D eigenvalue weighted by molar-refractivity contribution is 6.09. The predicted octanol–water partition coefficient (Wildman–Crippen LogP) is 4.56. The third-order valence-corrected chi connectivity index (χ3v) is 4.77. The van der Waals surface area contributed by atoms with Crippen LogP contribution in [-0.4, -0.2) is 29.9 Å². The molecule has 0 bridgehead atoms. The lowest BCUT2D eigenvalue weighted by Crippen LogP contribution is -2.02. The average Bonchev–Trinajstić information content (AvgIpc) is 3.01. The molecule has 0 amide bonds. The maximum Gasteiger partial charge on any atom is 0.335 e. The summed E-state index contributed by atoms with van der Waals surface area (Å²) in [5.74, 6) is 0.504. The van der Waals surface area contributed by atoms with Gasteiger partial charge < -0.3 is 19.1 Å². The molecule has 4 aromatic rings. The van der Waals surface area contributed by atoms with Gasteiger partial charge in [-0.05, 0) is 35.9 Å². The van der Waals surface area contributed by atoms with Gasteiger partial charge in [0.2, 0.25) is 0 Å². The van der Waals surface area contributed by atoms with Crippen LogP contribution in [0.1, 0.15) is 15.9 Å². The quantitative estimate of drug-likeness (QED) is 0.566. The summed E-state index contributed by atoms with van der Waals surface area (Å²) < 4.78 is 12.9. The van der Waals surface area contributed by atoms with Gasteiger partial charge in [-0.1, -0.05) is 24.3 Å². The van der Waals surface area contributed by atoms with Gasteiger partial charge in [0.15, 0.2) is 0 Å². The monoisotopic (exact) mass is 361 g/mol. The number of nitrogens with zero attached hydrogens (tertiary/aromatic N) is 1. The molecule has 1 heterocycles. The van der Waals surface area contributed by atoms with Crippen molar-refractivity contribution in [2.45, 2.75) is 6.54 Å². The van der Waals surface area contributed by atoms with E-state index in [0.29, 0.717) is 6.54 Å². The Hall–Kier alpha value is -3.47. The molecule has 5 heteroatoms. The summed E-state index contributed by atoms with van der Waals surface area (Å²) in [6.45, 7) is 0.570. The summed E-state index contributed by atoms with van der Waals surface area (Å²) in [5.41, 5.74) is 3.22. The second kappa shape index (κ2) is 6.68. The maximum atomic E-state index is 11.5. The smallest absolute Gasteiger partial charge is 0.335 e. The highest BCUT2D eigenvalue weighted by Gasteiger charge is 2.14. The van der Waals surface area contributed by atoms with Crippen molar-refractivity contribution in [3.63, 3.8) is 0 Å². The number of rotatable bonds is 5. The number of carboxylic acid groups (broad SMARTS) is 1. The van der Waals surface area contributed by atoms with E-state index in [4.69, 9.17) is 9.47 Å². The summed E-state index contributed by atoms with van der Waals surface area (Å²) in [5, 5.41) is 11.5. The van der Waals surface area contributed by atoms with Crippen LogP contribution in [0.25, 0.3) is 21.8 Å². The van der Waals surface area contributed by atoms with Crippen LogP contribution in [0.2, 0.25) is 0 Å². The second-order valence-electron chi connectivity index (χ2n) is 6.36. The molecule has 1 N–H and O–H groups in total. The van der Waals surface area contributed by atoms with E-state index in [1.807, 2.05) is 42.5 Å². The van der Waals surface area contributed by atoms with Gasteiger partial charge in [-0.25, -0.2) is 4.79 Å². The van der Waals surface area contributed by atoms with Gasteiger partial charge in [0.05, 0.1) is 25.3 Å². The molecule has 0 aliphatic heterocycles. The number of methoxy groups -OCH3 is 2. The number of hydrogen-bond donors (Lipinski definition) is 1. The molecular formula is C22H19NO4. The van der Waals surface area contributed by atoms with Crippen LogP contribution in [0.15, 0.2) is 60.7 Å². The molecule has 0 aliphatic carbocycles. The highest BCUT2D eigenvalue weighted by atomic mass is 16.5. The molecule has 5 nitrogen and oxygen atoms in total. The van der Waals surface area contributed by atoms with Crippen LogP contribution in [0.4, 0.5) is 0 Å². The molecule has 4 rings (SSSR count). The van der Waals surface area contributed by atoms with E-state index in [1.165, 1.54) is 0 Å². The normalized spacial score (nSPS) is 11.0. The van der Waals surface area contributed by atoms with Crippen molar-refractivity contribution in [1.82, 2.24) is 4.57 Å². The summed E-state index contributed by atoms with van der Waals surface area (Å²) in [6.07, 6.45) is 0. The SMILES string of the molecule is COc1cc(Cn2c3ccccc3c3ccc(C(=O)O)cc32)cc(OC)c1. The Morgan fingerprint density at radius 2 is 1.56 bits per heavy atom. The molecular weight excluding hydrogens is 342 g/mol. The lowest BCUT2D eigenvalue weighted by Gasteiger charge is -2.11. The zero-order valence-corrected chi connectivity index (χ0v) is 15.1. The standard InChI is InChI=1S/C22H19NO4/c1-26-16-9-14(10-17(12-16)27-2)13-23-20-6-4-3-5-18(20)19-8-7-15(22(24)25)11-21(19)23/h3-12H,13H2,1-2H3,(H,24,25). The molecule has 3 aromatic carbocycles. The van der Waals surface area contributed by atoms with E-state index in [1.54, 1.807) is 26.4 Å². The predicted molar refractivity (Wildman–Crippen MR) is 105 cm³/mol.